The normalized spacial score (nSPS) is 14.2. The van der Waals surface area contributed by atoms with Gasteiger partial charge in [0.1, 0.15) is 17.3 Å². The summed E-state index contributed by atoms with van der Waals surface area (Å²) in [7, 11) is 0. The van der Waals surface area contributed by atoms with Crippen molar-refractivity contribution in [2.45, 2.75) is 12.8 Å². The molecule has 0 atom stereocenters. The molecule has 0 unspecified atom stereocenters. The van der Waals surface area contributed by atoms with Gasteiger partial charge in [0, 0.05) is 12.1 Å². The highest BCUT2D eigenvalue weighted by Crippen LogP contribution is 2.28. The number of nitrogens with one attached hydrogen (secondary N) is 1. The molecular weight excluding hydrogens is 202 g/mol. The average Bonchev–Trinajstić information content (AvgIpc) is 2.74. The van der Waals surface area contributed by atoms with Crippen LogP contribution in [-0.2, 0) is 6.42 Å². The lowest BCUT2D eigenvalue weighted by Crippen LogP contribution is -2.14. The lowest BCUT2D eigenvalue weighted by molar-refractivity contribution is 0.470. The van der Waals surface area contributed by atoms with Gasteiger partial charge in [0.05, 0.1) is 6.20 Å². The summed E-state index contributed by atoms with van der Waals surface area (Å²) in [6.07, 6.45) is 4.06. The molecule has 4 heteroatoms. The van der Waals surface area contributed by atoms with Crippen molar-refractivity contribution in [3.63, 3.8) is 0 Å². The van der Waals surface area contributed by atoms with E-state index >= 15 is 0 Å². The first-order chi connectivity index (χ1) is 7.86. The van der Waals surface area contributed by atoms with Gasteiger partial charge in [-0.2, -0.15) is 5.10 Å². The maximum absolute atomic E-state index is 9.80. The second kappa shape index (κ2) is 3.56. The molecule has 0 spiro atoms. The lowest BCUT2D eigenvalue weighted by Gasteiger charge is -2.16. The summed E-state index contributed by atoms with van der Waals surface area (Å²) in [5, 5.41) is 17.4. The fourth-order valence-electron chi connectivity index (χ4n) is 2.07. The Morgan fingerprint density at radius 3 is 3.06 bits per heavy atom. The summed E-state index contributed by atoms with van der Waals surface area (Å²) < 4.78 is 1.77. The third-order valence-electron chi connectivity index (χ3n) is 2.87. The van der Waals surface area contributed by atoms with Crippen molar-refractivity contribution in [2.24, 2.45) is 0 Å². The van der Waals surface area contributed by atoms with Crippen LogP contribution < -0.4 is 5.32 Å². The van der Waals surface area contributed by atoms with Crippen LogP contribution in [0.5, 0.6) is 5.75 Å². The van der Waals surface area contributed by atoms with Crippen LogP contribution in [-0.4, -0.2) is 21.4 Å². The number of aromatic nitrogens is 2. The Balaban J connectivity index is 2.13. The fourth-order valence-corrected chi connectivity index (χ4v) is 2.07. The van der Waals surface area contributed by atoms with Crippen molar-refractivity contribution in [2.75, 3.05) is 11.9 Å². The number of para-hydroxylation sites is 2. The van der Waals surface area contributed by atoms with Crippen molar-refractivity contribution in [3.8, 4) is 11.4 Å². The topological polar surface area (TPSA) is 50.1 Å². The molecule has 2 aromatic rings. The maximum Gasteiger partial charge on any atom is 0.141 e. The highest BCUT2D eigenvalue weighted by atomic mass is 16.3. The van der Waals surface area contributed by atoms with Gasteiger partial charge in [-0.1, -0.05) is 12.1 Å². The molecule has 0 bridgehead atoms. The summed E-state index contributed by atoms with van der Waals surface area (Å²) in [4.78, 5) is 0. The zero-order valence-electron chi connectivity index (χ0n) is 8.85. The van der Waals surface area contributed by atoms with Crippen LogP contribution in [0.1, 0.15) is 12.0 Å². The SMILES string of the molecule is Oc1ccccc1-n1ncc2c1NCCC2. The van der Waals surface area contributed by atoms with Crippen LogP contribution >= 0.6 is 0 Å². The first kappa shape index (κ1) is 9.27. The van der Waals surface area contributed by atoms with Gasteiger partial charge in [0.15, 0.2) is 0 Å². The zero-order valence-corrected chi connectivity index (χ0v) is 8.85. The molecule has 0 saturated carbocycles. The second-order valence-electron chi connectivity index (χ2n) is 3.95. The predicted molar refractivity (Wildman–Crippen MR) is 62.0 cm³/mol. The first-order valence-corrected chi connectivity index (χ1v) is 5.45. The molecule has 2 N–H and O–H groups in total. The highest BCUT2D eigenvalue weighted by molar-refractivity contribution is 5.55. The van der Waals surface area contributed by atoms with Crippen molar-refractivity contribution in [3.05, 3.63) is 36.0 Å². The first-order valence-electron chi connectivity index (χ1n) is 5.45. The minimum Gasteiger partial charge on any atom is -0.506 e. The molecule has 1 aromatic carbocycles. The third-order valence-corrected chi connectivity index (χ3v) is 2.87. The molecule has 0 fully saturated rings. The van der Waals surface area contributed by atoms with Crippen molar-refractivity contribution >= 4 is 5.82 Å². The Morgan fingerprint density at radius 1 is 1.31 bits per heavy atom. The molecule has 16 heavy (non-hydrogen) atoms. The minimum absolute atomic E-state index is 0.251. The van der Waals surface area contributed by atoms with E-state index in [0.717, 1.165) is 30.9 Å². The maximum atomic E-state index is 9.80. The lowest BCUT2D eigenvalue weighted by atomic mass is 10.1. The van der Waals surface area contributed by atoms with Gasteiger partial charge in [0.25, 0.3) is 0 Å². The van der Waals surface area contributed by atoms with E-state index in [2.05, 4.69) is 10.4 Å². The van der Waals surface area contributed by atoms with E-state index in [0.29, 0.717) is 0 Å². The fraction of sp³-hybridized carbons (Fsp3) is 0.250. The molecule has 1 aliphatic heterocycles. The molecular formula is C12H13N3O. The summed E-state index contributed by atoms with van der Waals surface area (Å²) in [5.74, 6) is 1.26. The summed E-state index contributed by atoms with van der Waals surface area (Å²) in [6.45, 7) is 0.965. The molecule has 1 aromatic heterocycles. The minimum atomic E-state index is 0.251. The Labute approximate surface area is 93.5 Å². The number of fused-ring (bicyclic) bond motifs is 1. The number of benzene rings is 1. The number of phenols is 1. The van der Waals surface area contributed by atoms with Gasteiger partial charge in [0.2, 0.25) is 0 Å². The molecule has 0 amide bonds. The van der Waals surface area contributed by atoms with Crippen LogP contribution in [0.3, 0.4) is 0 Å². The largest absolute Gasteiger partial charge is 0.506 e. The van der Waals surface area contributed by atoms with Crippen LogP contribution in [0.25, 0.3) is 5.69 Å². The Bertz CT molecular complexity index is 519. The van der Waals surface area contributed by atoms with Crippen LogP contribution in [0, 0.1) is 0 Å². The van der Waals surface area contributed by atoms with Crippen LogP contribution in [0.4, 0.5) is 5.82 Å². The number of hydrogen-bond acceptors (Lipinski definition) is 3. The third kappa shape index (κ3) is 1.34. The second-order valence-corrected chi connectivity index (χ2v) is 3.95. The van der Waals surface area contributed by atoms with Crippen molar-refractivity contribution in [1.82, 2.24) is 9.78 Å². The monoisotopic (exact) mass is 215 g/mol. The zero-order chi connectivity index (χ0) is 11.0. The van der Waals surface area contributed by atoms with Gasteiger partial charge in [-0.3, -0.25) is 0 Å². The number of hydrogen-bond donors (Lipinski definition) is 2. The molecule has 0 radical (unpaired) electrons. The number of phenolic OH excluding ortho intramolecular Hbond substituents is 1. The van der Waals surface area contributed by atoms with E-state index in [4.69, 9.17) is 0 Å². The molecule has 0 saturated heterocycles. The smallest absolute Gasteiger partial charge is 0.141 e. The van der Waals surface area contributed by atoms with Gasteiger partial charge >= 0.3 is 0 Å². The van der Waals surface area contributed by atoms with Crippen molar-refractivity contribution < 1.29 is 5.11 Å². The summed E-state index contributed by atoms with van der Waals surface area (Å²) in [6, 6.07) is 7.24. The predicted octanol–water partition coefficient (Wildman–Crippen LogP) is 1.94. The van der Waals surface area contributed by atoms with E-state index in [-0.39, 0.29) is 5.75 Å². The number of nitrogens with zero attached hydrogens (tertiary/aromatic N) is 2. The van der Waals surface area contributed by atoms with Crippen molar-refractivity contribution in [1.29, 1.82) is 0 Å². The standard InChI is InChI=1S/C12H13N3O/c16-11-6-2-1-5-10(11)15-12-9(8-14-15)4-3-7-13-12/h1-2,5-6,8,13,16H,3-4,7H2. The Hall–Kier alpha value is -1.97. The molecule has 3 rings (SSSR count). The average molecular weight is 215 g/mol. The van der Waals surface area contributed by atoms with Gasteiger partial charge in [-0.05, 0) is 25.0 Å². The molecule has 2 heterocycles. The Morgan fingerprint density at radius 2 is 2.19 bits per heavy atom. The van der Waals surface area contributed by atoms with E-state index in [1.54, 1.807) is 10.7 Å². The van der Waals surface area contributed by atoms with E-state index < -0.39 is 0 Å². The Kier molecular flexibility index (Phi) is 2.06. The molecule has 4 nitrogen and oxygen atoms in total. The number of aromatic hydroxyl groups is 1. The molecule has 82 valence electrons. The van der Waals surface area contributed by atoms with Crippen LogP contribution in [0.15, 0.2) is 30.5 Å². The molecule has 1 aliphatic rings. The van der Waals surface area contributed by atoms with E-state index in [1.807, 2.05) is 24.4 Å². The highest BCUT2D eigenvalue weighted by Gasteiger charge is 2.16. The number of anilines is 1. The quantitative estimate of drug-likeness (QED) is 0.764. The number of rotatable bonds is 1. The van der Waals surface area contributed by atoms with Gasteiger partial charge in [-0.15, -0.1) is 0 Å². The summed E-state index contributed by atoms with van der Waals surface area (Å²) >= 11 is 0. The molecule has 0 aliphatic carbocycles. The van der Waals surface area contributed by atoms with Gasteiger partial charge in [-0.25, -0.2) is 4.68 Å². The van der Waals surface area contributed by atoms with Crippen LogP contribution in [0.2, 0.25) is 0 Å². The van der Waals surface area contributed by atoms with E-state index in [1.165, 1.54) is 5.56 Å². The number of aryl methyl sites for hydroxylation is 1. The summed E-state index contributed by atoms with van der Waals surface area (Å²) in [5.41, 5.74) is 1.94. The van der Waals surface area contributed by atoms with Gasteiger partial charge < -0.3 is 10.4 Å². The van der Waals surface area contributed by atoms with E-state index in [9.17, 15) is 5.11 Å².